The molecule has 2 N–H and O–H groups in total. The molecule has 14 heavy (non-hydrogen) atoms. The third-order valence-electron chi connectivity index (χ3n) is 2.72. The third kappa shape index (κ3) is 2.59. The van der Waals surface area contributed by atoms with E-state index in [0.717, 1.165) is 18.1 Å². The number of hydrogen-bond acceptors (Lipinski definition) is 3. The second-order valence-electron chi connectivity index (χ2n) is 4.38. The lowest BCUT2D eigenvalue weighted by Crippen LogP contribution is -2.46. The largest absolute Gasteiger partial charge is 0.465 e. The van der Waals surface area contributed by atoms with E-state index in [9.17, 15) is 0 Å². The van der Waals surface area contributed by atoms with Crippen LogP contribution in [0.25, 0.3) is 0 Å². The van der Waals surface area contributed by atoms with Crippen LogP contribution in [0.15, 0.2) is 16.5 Å². The molecule has 3 nitrogen and oxygen atoms in total. The van der Waals surface area contributed by atoms with Crippen molar-refractivity contribution in [3.05, 3.63) is 23.7 Å². The Hall–Kier alpha value is -0.800. The summed E-state index contributed by atoms with van der Waals surface area (Å²) in [7, 11) is 2.06. The maximum atomic E-state index is 5.69. The number of hydrogen-bond donors (Lipinski definition) is 1. The van der Waals surface area contributed by atoms with E-state index in [-0.39, 0.29) is 5.54 Å². The predicted octanol–water partition coefficient (Wildman–Crippen LogP) is 1.76. The van der Waals surface area contributed by atoms with Gasteiger partial charge in [-0.05, 0) is 40.0 Å². The van der Waals surface area contributed by atoms with Gasteiger partial charge < -0.3 is 10.2 Å². The summed E-state index contributed by atoms with van der Waals surface area (Å²) >= 11 is 0. The monoisotopic (exact) mass is 196 g/mol. The van der Waals surface area contributed by atoms with Crippen LogP contribution in [0, 0.1) is 6.92 Å². The first kappa shape index (κ1) is 11.3. The molecule has 1 aromatic rings. The molecule has 0 radical (unpaired) electrons. The molecule has 0 aliphatic rings. The molecule has 0 spiro atoms. The van der Waals surface area contributed by atoms with E-state index in [4.69, 9.17) is 10.2 Å². The van der Waals surface area contributed by atoms with E-state index in [2.05, 4.69) is 25.8 Å². The van der Waals surface area contributed by atoms with Crippen LogP contribution in [-0.4, -0.2) is 24.0 Å². The zero-order chi connectivity index (χ0) is 10.8. The average molecular weight is 196 g/mol. The second-order valence-corrected chi connectivity index (χ2v) is 4.38. The topological polar surface area (TPSA) is 42.4 Å². The van der Waals surface area contributed by atoms with Crippen LogP contribution in [0.1, 0.15) is 25.4 Å². The van der Waals surface area contributed by atoms with Gasteiger partial charge in [0.15, 0.2) is 0 Å². The highest BCUT2D eigenvalue weighted by molar-refractivity contribution is 5.05. The molecule has 1 aromatic heterocycles. The standard InChI is InChI=1S/C11H20N2O/c1-9-5-6-10(14-9)7-13(4)11(2,3)8-12/h5-6H,7-8,12H2,1-4H3. The van der Waals surface area contributed by atoms with Gasteiger partial charge in [-0.15, -0.1) is 0 Å². The van der Waals surface area contributed by atoms with Crippen LogP contribution < -0.4 is 5.73 Å². The van der Waals surface area contributed by atoms with Gasteiger partial charge in [0.2, 0.25) is 0 Å². The van der Waals surface area contributed by atoms with Crippen molar-refractivity contribution in [3.8, 4) is 0 Å². The molecule has 0 aliphatic heterocycles. The lowest BCUT2D eigenvalue weighted by Gasteiger charge is -2.33. The van der Waals surface area contributed by atoms with E-state index < -0.39 is 0 Å². The van der Waals surface area contributed by atoms with Gasteiger partial charge in [-0.25, -0.2) is 0 Å². The summed E-state index contributed by atoms with van der Waals surface area (Å²) in [6, 6.07) is 4.00. The number of nitrogens with zero attached hydrogens (tertiary/aromatic N) is 1. The predicted molar refractivity (Wildman–Crippen MR) is 58.0 cm³/mol. The van der Waals surface area contributed by atoms with Crippen LogP contribution in [0.5, 0.6) is 0 Å². The molecule has 3 heteroatoms. The fourth-order valence-corrected chi connectivity index (χ4v) is 1.17. The van der Waals surface area contributed by atoms with Crippen LogP contribution in [-0.2, 0) is 6.54 Å². The highest BCUT2D eigenvalue weighted by Crippen LogP contribution is 2.15. The normalized spacial score (nSPS) is 12.4. The highest BCUT2D eigenvalue weighted by atomic mass is 16.3. The van der Waals surface area contributed by atoms with Crippen LogP contribution in [0.3, 0.4) is 0 Å². The summed E-state index contributed by atoms with van der Waals surface area (Å²) in [5, 5.41) is 0. The molecule has 0 aliphatic carbocycles. The minimum Gasteiger partial charge on any atom is -0.465 e. The van der Waals surface area contributed by atoms with Gasteiger partial charge in [-0.1, -0.05) is 0 Å². The molecule has 0 unspecified atom stereocenters. The van der Waals surface area contributed by atoms with E-state index in [1.165, 1.54) is 0 Å². The van der Waals surface area contributed by atoms with Crippen molar-refractivity contribution in [2.75, 3.05) is 13.6 Å². The van der Waals surface area contributed by atoms with Gasteiger partial charge >= 0.3 is 0 Å². The number of furan rings is 1. The molecule has 1 heterocycles. The molecule has 0 fully saturated rings. The Labute approximate surface area is 85.9 Å². The molecular formula is C11H20N2O. The van der Waals surface area contributed by atoms with Crippen molar-refractivity contribution >= 4 is 0 Å². The van der Waals surface area contributed by atoms with Gasteiger partial charge in [0, 0.05) is 12.1 Å². The fraction of sp³-hybridized carbons (Fsp3) is 0.636. The Bertz CT molecular complexity index is 291. The van der Waals surface area contributed by atoms with Crippen molar-refractivity contribution in [2.45, 2.75) is 32.9 Å². The smallest absolute Gasteiger partial charge is 0.118 e. The molecule has 0 saturated carbocycles. The van der Waals surface area contributed by atoms with Crippen LogP contribution >= 0.6 is 0 Å². The maximum absolute atomic E-state index is 5.69. The summed E-state index contributed by atoms with van der Waals surface area (Å²) in [6.45, 7) is 7.66. The first-order chi connectivity index (χ1) is 6.45. The summed E-state index contributed by atoms with van der Waals surface area (Å²) in [5.74, 6) is 1.95. The summed E-state index contributed by atoms with van der Waals surface area (Å²) in [4.78, 5) is 2.20. The molecule has 0 bridgehead atoms. The molecule has 0 saturated heterocycles. The molecule has 0 atom stereocenters. The zero-order valence-corrected chi connectivity index (χ0v) is 9.50. The van der Waals surface area contributed by atoms with E-state index >= 15 is 0 Å². The van der Waals surface area contributed by atoms with E-state index in [0.29, 0.717) is 6.54 Å². The second kappa shape index (κ2) is 4.15. The minimum absolute atomic E-state index is 0.0146. The number of likely N-dealkylation sites (N-methyl/N-ethyl adjacent to an activating group) is 1. The molecule has 1 rings (SSSR count). The third-order valence-corrected chi connectivity index (χ3v) is 2.72. The van der Waals surface area contributed by atoms with Crippen molar-refractivity contribution in [1.29, 1.82) is 0 Å². The Morgan fingerprint density at radius 2 is 2.07 bits per heavy atom. The van der Waals surface area contributed by atoms with Crippen molar-refractivity contribution < 1.29 is 4.42 Å². The Balaban J connectivity index is 2.61. The zero-order valence-electron chi connectivity index (χ0n) is 9.50. The van der Waals surface area contributed by atoms with Crippen LogP contribution in [0.2, 0.25) is 0 Å². The van der Waals surface area contributed by atoms with Gasteiger partial charge in [0.25, 0.3) is 0 Å². The van der Waals surface area contributed by atoms with Gasteiger partial charge in [0.05, 0.1) is 6.54 Å². The first-order valence-electron chi connectivity index (χ1n) is 4.92. The minimum atomic E-state index is 0.0146. The summed E-state index contributed by atoms with van der Waals surface area (Å²) in [6.07, 6.45) is 0. The number of nitrogens with two attached hydrogens (primary N) is 1. The maximum Gasteiger partial charge on any atom is 0.118 e. The molecule has 0 amide bonds. The van der Waals surface area contributed by atoms with Crippen molar-refractivity contribution in [1.82, 2.24) is 4.90 Å². The summed E-state index contributed by atoms with van der Waals surface area (Å²) < 4.78 is 5.51. The SMILES string of the molecule is Cc1ccc(CN(C)C(C)(C)CN)o1. The summed E-state index contributed by atoms with van der Waals surface area (Å²) in [5.41, 5.74) is 5.71. The quantitative estimate of drug-likeness (QED) is 0.798. The average Bonchev–Trinajstić information content (AvgIpc) is 2.51. The Morgan fingerprint density at radius 3 is 2.50 bits per heavy atom. The number of aryl methyl sites for hydroxylation is 1. The fourth-order valence-electron chi connectivity index (χ4n) is 1.17. The molecule has 0 aromatic carbocycles. The number of rotatable bonds is 4. The van der Waals surface area contributed by atoms with Gasteiger partial charge in [0.1, 0.15) is 11.5 Å². The van der Waals surface area contributed by atoms with Crippen molar-refractivity contribution in [2.24, 2.45) is 5.73 Å². The molecule has 80 valence electrons. The highest BCUT2D eigenvalue weighted by Gasteiger charge is 2.22. The van der Waals surface area contributed by atoms with Crippen LogP contribution in [0.4, 0.5) is 0 Å². The lowest BCUT2D eigenvalue weighted by molar-refractivity contribution is 0.144. The van der Waals surface area contributed by atoms with Gasteiger partial charge in [-0.3, -0.25) is 4.90 Å². The van der Waals surface area contributed by atoms with Gasteiger partial charge in [-0.2, -0.15) is 0 Å². The Kier molecular flexibility index (Phi) is 3.34. The lowest BCUT2D eigenvalue weighted by atomic mass is 10.0. The molecular weight excluding hydrogens is 176 g/mol. The first-order valence-corrected chi connectivity index (χ1v) is 4.92. The van der Waals surface area contributed by atoms with E-state index in [1.54, 1.807) is 0 Å². The van der Waals surface area contributed by atoms with Crippen molar-refractivity contribution in [3.63, 3.8) is 0 Å². The van der Waals surface area contributed by atoms with E-state index in [1.807, 2.05) is 19.1 Å². The Morgan fingerprint density at radius 1 is 1.43 bits per heavy atom.